The van der Waals surface area contributed by atoms with E-state index in [4.69, 9.17) is 22.2 Å². The first-order valence-electron chi connectivity index (χ1n) is 5.97. The summed E-state index contributed by atoms with van der Waals surface area (Å²) in [7, 11) is 1.62. The average molecular weight is 257 g/mol. The minimum Gasteiger partial charge on any atom is -0.495 e. The Morgan fingerprint density at radius 1 is 1.35 bits per heavy atom. The minimum absolute atomic E-state index is 0.135. The van der Waals surface area contributed by atoms with Crippen LogP contribution in [0.3, 0.4) is 0 Å². The average Bonchev–Trinajstić information content (AvgIpc) is 2.36. The van der Waals surface area contributed by atoms with Crippen LogP contribution in [0.1, 0.15) is 38.3 Å². The van der Waals surface area contributed by atoms with Gasteiger partial charge in [0.1, 0.15) is 5.75 Å². The summed E-state index contributed by atoms with van der Waals surface area (Å²) in [4.78, 5) is 0. The summed E-state index contributed by atoms with van der Waals surface area (Å²) >= 11 is 6.01. The third kappa shape index (κ3) is 3.35. The number of hydrogen-bond donors (Lipinski definition) is 2. The molecule has 0 aliphatic carbocycles. The maximum Gasteiger partial charge on any atom is 0.137 e. The van der Waals surface area contributed by atoms with Crippen LogP contribution in [0.4, 0.5) is 0 Å². The molecule has 1 atom stereocenters. The van der Waals surface area contributed by atoms with Gasteiger partial charge in [0.05, 0.1) is 12.1 Å². The molecule has 0 fully saturated rings. The van der Waals surface area contributed by atoms with E-state index in [1.54, 1.807) is 7.11 Å². The summed E-state index contributed by atoms with van der Waals surface area (Å²) < 4.78 is 5.23. The molecule has 0 aromatic heterocycles. The lowest BCUT2D eigenvalue weighted by atomic mass is 9.89. The largest absolute Gasteiger partial charge is 0.495 e. The fraction of sp³-hybridized carbons (Fsp3) is 0.538. The van der Waals surface area contributed by atoms with Crippen LogP contribution in [0.25, 0.3) is 0 Å². The van der Waals surface area contributed by atoms with Gasteiger partial charge in [-0.15, -0.1) is 0 Å². The first kappa shape index (κ1) is 14.3. The molecular formula is C13H21ClN2O. The molecule has 4 heteroatoms. The van der Waals surface area contributed by atoms with Crippen LogP contribution >= 0.6 is 11.6 Å². The second kappa shape index (κ2) is 6.84. The molecule has 1 rings (SSSR count). The smallest absolute Gasteiger partial charge is 0.137 e. The number of nitrogens with one attached hydrogen (secondary N) is 1. The second-order valence-electron chi connectivity index (χ2n) is 4.11. The van der Waals surface area contributed by atoms with E-state index in [0.29, 0.717) is 16.7 Å². The molecule has 0 aliphatic heterocycles. The molecule has 0 saturated heterocycles. The summed E-state index contributed by atoms with van der Waals surface area (Å²) in [6.45, 7) is 4.34. The number of nitrogens with two attached hydrogens (primary N) is 1. The van der Waals surface area contributed by atoms with Crippen molar-refractivity contribution < 1.29 is 4.74 Å². The lowest BCUT2D eigenvalue weighted by Gasteiger charge is -2.25. The molecule has 1 aromatic rings. The molecule has 0 saturated carbocycles. The Morgan fingerprint density at radius 2 is 2.00 bits per heavy atom. The Balaban J connectivity index is 3.03. The van der Waals surface area contributed by atoms with E-state index in [1.165, 1.54) is 0 Å². The van der Waals surface area contributed by atoms with E-state index in [9.17, 15) is 0 Å². The fourth-order valence-electron chi connectivity index (χ4n) is 2.13. The van der Waals surface area contributed by atoms with Crippen LogP contribution in [0.15, 0.2) is 18.2 Å². The summed E-state index contributed by atoms with van der Waals surface area (Å²) in [5, 5.41) is 0.622. The number of benzene rings is 1. The highest BCUT2D eigenvalue weighted by molar-refractivity contribution is 6.32. The number of rotatable bonds is 6. The Morgan fingerprint density at radius 3 is 2.47 bits per heavy atom. The van der Waals surface area contributed by atoms with Gasteiger partial charge in [-0.3, -0.25) is 11.3 Å². The summed E-state index contributed by atoms with van der Waals surface area (Å²) in [6, 6.07) is 5.93. The van der Waals surface area contributed by atoms with Crippen LogP contribution in [0.2, 0.25) is 5.02 Å². The topological polar surface area (TPSA) is 47.3 Å². The van der Waals surface area contributed by atoms with E-state index < -0.39 is 0 Å². The van der Waals surface area contributed by atoms with Crippen molar-refractivity contribution in [2.24, 2.45) is 11.8 Å². The van der Waals surface area contributed by atoms with Crippen molar-refractivity contribution in [2.45, 2.75) is 32.7 Å². The van der Waals surface area contributed by atoms with Gasteiger partial charge in [-0.2, -0.15) is 0 Å². The number of halogens is 1. The molecule has 3 N–H and O–H groups in total. The molecule has 0 amide bonds. The van der Waals surface area contributed by atoms with Crippen molar-refractivity contribution in [2.75, 3.05) is 7.11 Å². The van der Waals surface area contributed by atoms with Gasteiger partial charge in [0, 0.05) is 6.04 Å². The van der Waals surface area contributed by atoms with Crippen LogP contribution in [0.5, 0.6) is 5.75 Å². The lowest BCUT2D eigenvalue weighted by Crippen LogP contribution is -2.33. The Bertz CT molecular complexity index is 353. The van der Waals surface area contributed by atoms with Crippen molar-refractivity contribution >= 4 is 11.6 Å². The number of hydrogen-bond acceptors (Lipinski definition) is 3. The summed E-state index contributed by atoms with van der Waals surface area (Å²) in [6.07, 6.45) is 2.16. The van der Waals surface area contributed by atoms with Crippen molar-refractivity contribution in [3.8, 4) is 5.75 Å². The van der Waals surface area contributed by atoms with E-state index in [1.807, 2.05) is 18.2 Å². The molecule has 0 radical (unpaired) electrons. The van der Waals surface area contributed by atoms with Gasteiger partial charge in [-0.1, -0.05) is 44.4 Å². The molecule has 17 heavy (non-hydrogen) atoms. The van der Waals surface area contributed by atoms with Crippen molar-refractivity contribution in [3.05, 3.63) is 28.8 Å². The minimum atomic E-state index is 0.135. The van der Waals surface area contributed by atoms with Crippen LogP contribution in [-0.2, 0) is 0 Å². The maximum absolute atomic E-state index is 6.01. The third-order valence-corrected chi connectivity index (χ3v) is 3.55. The number of methoxy groups -OCH3 is 1. The van der Waals surface area contributed by atoms with E-state index in [-0.39, 0.29) is 6.04 Å². The highest BCUT2D eigenvalue weighted by Crippen LogP contribution is 2.32. The molecule has 1 unspecified atom stereocenters. The normalized spacial score (nSPS) is 12.8. The lowest BCUT2D eigenvalue weighted by molar-refractivity contribution is 0.343. The van der Waals surface area contributed by atoms with Crippen molar-refractivity contribution in [1.82, 2.24) is 5.43 Å². The van der Waals surface area contributed by atoms with Gasteiger partial charge in [0.15, 0.2) is 0 Å². The van der Waals surface area contributed by atoms with Gasteiger partial charge >= 0.3 is 0 Å². The standard InChI is InChI=1S/C13H21ClN2O/c1-4-9(5-2)13(16-15)10-6-7-11(14)12(8-10)17-3/h6-9,13,16H,4-5,15H2,1-3H3. The van der Waals surface area contributed by atoms with Crippen molar-refractivity contribution in [1.29, 1.82) is 0 Å². The Hall–Kier alpha value is -0.770. The first-order chi connectivity index (χ1) is 8.17. The van der Waals surface area contributed by atoms with Gasteiger partial charge in [0.2, 0.25) is 0 Å². The van der Waals surface area contributed by atoms with Crippen LogP contribution in [0, 0.1) is 5.92 Å². The van der Waals surface area contributed by atoms with E-state index >= 15 is 0 Å². The van der Waals surface area contributed by atoms with Crippen LogP contribution in [-0.4, -0.2) is 7.11 Å². The zero-order chi connectivity index (χ0) is 12.8. The van der Waals surface area contributed by atoms with Crippen molar-refractivity contribution in [3.63, 3.8) is 0 Å². The molecule has 0 heterocycles. The molecule has 0 spiro atoms. The Kier molecular flexibility index (Phi) is 5.75. The fourth-order valence-corrected chi connectivity index (χ4v) is 2.33. The molecule has 3 nitrogen and oxygen atoms in total. The quantitative estimate of drug-likeness (QED) is 0.607. The zero-order valence-electron chi connectivity index (χ0n) is 10.7. The number of ether oxygens (including phenoxy) is 1. The SMILES string of the molecule is CCC(CC)C(NN)c1ccc(Cl)c(OC)c1. The van der Waals surface area contributed by atoms with E-state index in [2.05, 4.69) is 19.3 Å². The molecule has 1 aromatic carbocycles. The Labute approximate surface area is 108 Å². The van der Waals surface area contributed by atoms with Gasteiger partial charge in [0.25, 0.3) is 0 Å². The first-order valence-corrected chi connectivity index (χ1v) is 6.35. The number of hydrazine groups is 1. The zero-order valence-corrected chi connectivity index (χ0v) is 11.4. The molecular weight excluding hydrogens is 236 g/mol. The maximum atomic E-state index is 6.01. The summed E-state index contributed by atoms with van der Waals surface area (Å²) in [5.74, 6) is 6.86. The molecule has 0 aliphatic rings. The monoisotopic (exact) mass is 256 g/mol. The van der Waals surface area contributed by atoms with Gasteiger partial charge in [-0.05, 0) is 23.6 Å². The van der Waals surface area contributed by atoms with Gasteiger partial charge in [-0.25, -0.2) is 0 Å². The van der Waals surface area contributed by atoms with Gasteiger partial charge < -0.3 is 4.74 Å². The third-order valence-electron chi connectivity index (χ3n) is 3.23. The second-order valence-corrected chi connectivity index (χ2v) is 4.52. The van der Waals surface area contributed by atoms with E-state index in [0.717, 1.165) is 18.4 Å². The summed E-state index contributed by atoms with van der Waals surface area (Å²) in [5.41, 5.74) is 4.01. The molecule has 0 bridgehead atoms. The predicted octanol–water partition coefficient (Wildman–Crippen LogP) is 3.29. The van der Waals surface area contributed by atoms with Crippen LogP contribution < -0.4 is 16.0 Å². The molecule has 96 valence electrons. The highest BCUT2D eigenvalue weighted by Gasteiger charge is 2.20. The highest BCUT2D eigenvalue weighted by atomic mass is 35.5. The predicted molar refractivity (Wildman–Crippen MR) is 72.1 cm³/mol.